The zero-order chi connectivity index (χ0) is 18.5. The van der Waals surface area contributed by atoms with E-state index in [4.69, 9.17) is 0 Å². The molecule has 2 aliphatic rings. The fraction of sp³-hybridized carbons (Fsp3) is 0.562. The number of rotatable bonds is 4. The second-order valence-electron chi connectivity index (χ2n) is 7.16. The van der Waals surface area contributed by atoms with Gasteiger partial charge in [0.25, 0.3) is 0 Å². The fourth-order valence-corrected chi connectivity index (χ4v) is 4.81. The number of nitrogens with zero attached hydrogens (tertiary/aromatic N) is 6. The van der Waals surface area contributed by atoms with Crippen LogP contribution in [0.15, 0.2) is 23.4 Å². The predicted molar refractivity (Wildman–Crippen MR) is 90.1 cm³/mol. The summed E-state index contributed by atoms with van der Waals surface area (Å²) >= 11 is 1.44. The first-order valence-corrected chi connectivity index (χ1v) is 9.04. The molecule has 0 N–H and O–H groups in total. The lowest BCUT2D eigenvalue weighted by Gasteiger charge is -2.59. The van der Waals surface area contributed by atoms with Gasteiger partial charge in [0.05, 0.1) is 16.3 Å². The largest absolute Gasteiger partial charge is 0.451 e. The van der Waals surface area contributed by atoms with Crippen LogP contribution in [0.4, 0.5) is 13.2 Å². The molecule has 0 radical (unpaired) electrons. The van der Waals surface area contributed by atoms with Crippen LogP contribution < -0.4 is 0 Å². The lowest BCUT2D eigenvalue weighted by atomic mass is 9.74. The number of hydrogen-bond acceptors (Lipinski definition) is 6. The van der Waals surface area contributed by atoms with Crippen molar-refractivity contribution in [3.05, 3.63) is 35.7 Å². The Bertz CT molecular complexity index is 807. The molecule has 26 heavy (non-hydrogen) atoms. The van der Waals surface area contributed by atoms with E-state index in [1.54, 1.807) is 11.6 Å². The predicted octanol–water partition coefficient (Wildman–Crippen LogP) is 2.36. The molecule has 0 saturated carbocycles. The van der Waals surface area contributed by atoms with Gasteiger partial charge in [0.15, 0.2) is 0 Å². The van der Waals surface area contributed by atoms with E-state index in [1.165, 1.54) is 18.1 Å². The lowest BCUT2D eigenvalue weighted by Crippen LogP contribution is -2.70. The van der Waals surface area contributed by atoms with Crippen LogP contribution >= 0.6 is 11.9 Å². The van der Waals surface area contributed by atoms with Crippen LogP contribution in [0.25, 0.3) is 0 Å². The third-order valence-corrected chi connectivity index (χ3v) is 5.83. The number of aryl methyl sites for hydroxylation is 2. The van der Waals surface area contributed by atoms with Crippen LogP contribution in [-0.4, -0.2) is 55.1 Å². The van der Waals surface area contributed by atoms with E-state index in [9.17, 15) is 13.2 Å². The molecule has 2 aliphatic heterocycles. The van der Waals surface area contributed by atoms with Crippen molar-refractivity contribution >= 4 is 11.9 Å². The van der Waals surface area contributed by atoms with Gasteiger partial charge in [-0.3, -0.25) is 9.58 Å². The van der Waals surface area contributed by atoms with Gasteiger partial charge in [-0.05, 0) is 24.9 Å². The molecule has 2 aromatic heterocycles. The van der Waals surface area contributed by atoms with Crippen LogP contribution in [0, 0.1) is 12.3 Å². The molecular weight excluding hydrogens is 365 g/mol. The zero-order valence-electron chi connectivity index (χ0n) is 14.5. The highest BCUT2D eigenvalue weighted by Gasteiger charge is 2.52. The van der Waals surface area contributed by atoms with Crippen molar-refractivity contribution in [2.45, 2.75) is 24.5 Å². The van der Waals surface area contributed by atoms with Gasteiger partial charge in [0.2, 0.25) is 5.82 Å². The Balaban J connectivity index is 1.27. The molecule has 0 amide bonds. The Kier molecular flexibility index (Phi) is 4.24. The number of aromatic nitrogens is 4. The normalized spacial score (nSPS) is 20.2. The van der Waals surface area contributed by atoms with E-state index in [1.807, 2.05) is 19.3 Å². The van der Waals surface area contributed by atoms with Gasteiger partial charge in [0.1, 0.15) is 0 Å². The number of likely N-dealkylation sites (tertiary alicyclic amines) is 1. The molecular formula is C16H19F3N6S. The average Bonchev–Trinajstić information content (AvgIpc) is 2.88. The first kappa shape index (κ1) is 17.7. The van der Waals surface area contributed by atoms with Gasteiger partial charge in [0, 0.05) is 57.6 Å². The first-order chi connectivity index (χ1) is 12.2. The molecule has 4 rings (SSSR count). The van der Waals surface area contributed by atoms with Crippen molar-refractivity contribution in [2.24, 2.45) is 12.5 Å². The molecule has 6 nitrogen and oxygen atoms in total. The van der Waals surface area contributed by atoms with Crippen LogP contribution in [0.3, 0.4) is 0 Å². The van der Waals surface area contributed by atoms with Gasteiger partial charge in [-0.2, -0.15) is 18.3 Å². The second kappa shape index (κ2) is 6.21. The average molecular weight is 384 g/mol. The van der Waals surface area contributed by atoms with Gasteiger partial charge < -0.3 is 0 Å². The molecule has 4 heterocycles. The minimum atomic E-state index is -4.50. The molecule has 140 valence electrons. The molecule has 0 unspecified atom stereocenters. The fourth-order valence-electron chi connectivity index (χ4n) is 3.58. The van der Waals surface area contributed by atoms with E-state index in [2.05, 4.69) is 24.3 Å². The van der Waals surface area contributed by atoms with Crippen LogP contribution in [0.1, 0.15) is 17.2 Å². The van der Waals surface area contributed by atoms with Crippen molar-refractivity contribution in [2.75, 3.05) is 26.2 Å². The Hall–Kier alpha value is -1.65. The number of alkyl halides is 3. The van der Waals surface area contributed by atoms with Crippen molar-refractivity contribution in [1.29, 1.82) is 0 Å². The van der Waals surface area contributed by atoms with E-state index in [-0.39, 0.29) is 0 Å². The SMILES string of the molecule is Cc1nc(C(F)(F)F)ncc1SN1CC2(CN(Cc3ccn(C)n3)C2)C1. The third kappa shape index (κ3) is 3.45. The maximum Gasteiger partial charge on any atom is 0.451 e. The van der Waals surface area contributed by atoms with Gasteiger partial charge in [-0.15, -0.1) is 0 Å². The Morgan fingerprint density at radius 2 is 1.96 bits per heavy atom. The van der Waals surface area contributed by atoms with Crippen LogP contribution in [0.5, 0.6) is 0 Å². The van der Waals surface area contributed by atoms with Crippen molar-refractivity contribution in [1.82, 2.24) is 29.0 Å². The monoisotopic (exact) mass is 384 g/mol. The van der Waals surface area contributed by atoms with Crippen molar-refractivity contribution in [3.63, 3.8) is 0 Å². The van der Waals surface area contributed by atoms with Gasteiger partial charge >= 0.3 is 6.18 Å². The molecule has 0 aliphatic carbocycles. The highest BCUT2D eigenvalue weighted by atomic mass is 32.2. The molecule has 0 atom stereocenters. The summed E-state index contributed by atoms with van der Waals surface area (Å²) < 4.78 is 41.9. The van der Waals surface area contributed by atoms with Gasteiger partial charge in [-0.1, -0.05) is 0 Å². The molecule has 2 aromatic rings. The molecule has 2 fully saturated rings. The molecule has 0 aromatic carbocycles. The Morgan fingerprint density at radius 3 is 2.54 bits per heavy atom. The third-order valence-electron chi connectivity index (χ3n) is 4.71. The second-order valence-corrected chi connectivity index (χ2v) is 8.30. The summed E-state index contributed by atoms with van der Waals surface area (Å²) in [5.74, 6) is -1.08. The Labute approximate surface area is 153 Å². The van der Waals surface area contributed by atoms with Gasteiger partial charge in [-0.25, -0.2) is 14.3 Å². The topological polar surface area (TPSA) is 50.1 Å². The summed E-state index contributed by atoms with van der Waals surface area (Å²) in [5.41, 5.74) is 1.75. The van der Waals surface area contributed by atoms with E-state index >= 15 is 0 Å². The summed E-state index contributed by atoms with van der Waals surface area (Å²) in [6, 6.07) is 2.03. The summed E-state index contributed by atoms with van der Waals surface area (Å²) in [6.45, 7) is 6.37. The molecule has 10 heteroatoms. The summed E-state index contributed by atoms with van der Waals surface area (Å²) in [4.78, 5) is 10.1. The number of hydrogen-bond donors (Lipinski definition) is 0. The molecule has 1 spiro atoms. The zero-order valence-corrected chi connectivity index (χ0v) is 15.3. The van der Waals surface area contributed by atoms with Crippen molar-refractivity contribution in [3.8, 4) is 0 Å². The summed E-state index contributed by atoms with van der Waals surface area (Å²) in [6.07, 6.45) is -1.28. The van der Waals surface area contributed by atoms with Crippen LogP contribution in [0.2, 0.25) is 0 Å². The maximum atomic E-state index is 12.6. The highest BCUT2D eigenvalue weighted by molar-refractivity contribution is 7.97. The quantitative estimate of drug-likeness (QED) is 0.755. The highest BCUT2D eigenvalue weighted by Crippen LogP contribution is 2.45. The maximum absolute atomic E-state index is 12.6. The van der Waals surface area contributed by atoms with Crippen molar-refractivity contribution < 1.29 is 13.2 Å². The molecule has 2 saturated heterocycles. The standard InChI is InChI=1S/C16H19F3N6S/c1-11-13(5-20-14(21-11)16(17,18)19)26-25-9-15(10-25)7-24(8-15)6-12-3-4-23(2)22-12/h3-5H,6-10H2,1-2H3. The first-order valence-electron chi connectivity index (χ1n) is 8.27. The smallest absolute Gasteiger partial charge is 0.296 e. The van der Waals surface area contributed by atoms with E-state index in [0.29, 0.717) is 16.0 Å². The minimum Gasteiger partial charge on any atom is -0.296 e. The van der Waals surface area contributed by atoms with Crippen LogP contribution in [-0.2, 0) is 19.8 Å². The Morgan fingerprint density at radius 1 is 1.23 bits per heavy atom. The van der Waals surface area contributed by atoms with E-state index < -0.39 is 12.0 Å². The molecule has 0 bridgehead atoms. The summed E-state index contributed by atoms with van der Waals surface area (Å²) in [7, 11) is 1.91. The number of halogens is 3. The minimum absolute atomic E-state index is 0.308. The van der Waals surface area contributed by atoms with E-state index in [0.717, 1.165) is 38.4 Å². The lowest BCUT2D eigenvalue weighted by molar-refractivity contribution is -0.145. The summed E-state index contributed by atoms with van der Waals surface area (Å²) in [5, 5.41) is 4.40.